The third-order valence-electron chi connectivity index (χ3n) is 2.39. The van der Waals surface area contributed by atoms with Crippen molar-refractivity contribution in [2.24, 2.45) is 0 Å². The quantitative estimate of drug-likeness (QED) is 0.874. The minimum absolute atomic E-state index is 0.0486. The van der Waals surface area contributed by atoms with Crippen LogP contribution in [0.1, 0.15) is 11.1 Å². The van der Waals surface area contributed by atoms with Gasteiger partial charge >= 0.3 is 0 Å². The number of aromatic nitrogens is 1. The SMILES string of the molecule is Cc1ccc(NC(=O)Cc2ccccc2)nc1. The van der Waals surface area contributed by atoms with Crippen LogP contribution in [-0.4, -0.2) is 10.9 Å². The topological polar surface area (TPSA) is 42.0 Å². The van der Waals surface area contributed by atoms with E-state index in [9.17, 15) is 4.79 Å². The molecule has 0 fully saturated rings. The first-order valence-corrected chi connectivity index (χ1v) is 5.50. The van der Waals surface area contributed by atoms with Gasteiger partial charge in [0, 0.05) is 6.20 Å². The number of hydrogen-bond donors (Lipinski definition) is 1. The summed E-state index contributed by atoms with van der Waals surface area (Å²) in [5.41, 5.74) is 2.07. The van der Waals surface area contributed by atoms with E-state index >= 15 is 0 Å². The second-order valence-electron chi connectivity index (χ2n) is 3.93. The van der Waals surface area contributed by atoms with Crippen LogP contribution in [0, 0.1) is 6.92 Å². The average Bonchev–Trinajstić information content (AvgIpc) is 2.33. The molecule has 0 aliphatic carbocycles. The fourth-order valence-electron chi connectivity index (χ4n) is 1.51. The highest BCUT2D eigenvalue weighted by molar-refractivity contribution is 5.91. The average molecular weight is 226 g/mol. The molecule has 0 aliphatic rings. The van der Waals surface area contributed by atoms with Crippen molar-refractivity contribution in [2.45, 2.75) is 13.3 Å². The Kier molecular flexibility index (Phi) is 3.50. The van der Waals surface area contributed by atoms with Gasteiger partial charge in [0.2, 0.25) is 5.91 Å². The van der Waals surface area contributed by atoms with Gasteiger partial charge in [-0.25, -0.2) is 4.98 Å². The number of aryl methyl sites for hydroxylation is 1. The first-order valence-electron chi connectivity index (χ1n) is 5.50. The van der Waals surface area contributed by atoms with Crippen molar-refractivity contribution in [1.29, 1.82) is 0 Å². The number of carbonyl (C=O) groups is 1. The first kappa shape index (κ1) is 11.3. The van der Waals surface area contributed by atoms with Crippen molar-refractivity contribution in [1.82, 2.24) is 4.98 Å². The van der Waals surface area contributed by atoms with Crippen LogP contribution in [0.25, 0.3) is 0 Å². The second kappa shape index (κ2) is 5.25. The fourth-order valence-corrected chi connectivity index (χ4v) is 1.51. The summed E-state index contributed by atoms with van der Waals surface area (Å²) < 4.78 is 0. The lowest BCUT2D eigenvalue weighted by atomic mass is 10.1. The molecule has 0 bridgehead atoms. The molecule has 0 atom stereocenters. The van der Waals surface area contributed by atoms with Crippen molar-refractivity contribution in [2.75, 3.05) is 5.32 Å². The number of anilines is 1. The van der Waals surface area contributed by atoms with Gasteiger partial charge in [-0.05, 0) is 24.1 Å². The van der Waals surface area contributed by atoms with Crippen LogP contribution in [0.4, 0.5) is 5.82 Å². The smallest absolute Gasteiger partial charge is 0.229 e. The summed E-state index contributed by atoms with van der Waals surface area (Å²) in [4.78, 5) is 15.8. The van der Waals surface area contributed by atoms with E-state index in [1.165, 1.54) is 0 Å². The molecule has 2 aromatic rings. The van der Waals surface area contributed by atoms with E-state index in [2.05, 4.69) is 10.3 Å². The molecule has 0 unspecified atom stereocenters. The molecule has 0 saturated carbocycles. The monoisotopic (exact) mass is 226 g/mol. The second-order valence-corrected chi connectivity index (χ2v) is 3.93. The number of pyridine rings is 1. The Morgan fingerprint density at radius 1 is 1.18 bits per heavy atom. The van der Waals surface area contributed by atoms with Gasteiger partial charge in [0.1, 0.15) is 5.82 Å². The number of benzene rings is 1. The molecular formula is C14H14N2O. The minimum Gasteiger partial charge on any atom is -0.310 e. The van der Waals surface area contributed by atoms with E-state index in [0.717, 1.165) is 11.1 Å². The summed E-state index contributed by atoms with van der Waals surface area (Å²) in [6.07, 6.45) is 2.11. The molecule has 3 nitrogen and oxygen atoms in total. The first-order chi connectivity index (χ1) is 8.24. The van der Waals surface area contributed by atoms with Crippen LogP contribution in [-0.2, 0) is 11.2 Å². The minimum atomic E-state index is -0.0486. The van der Waals surface area contributed by atoms with Crippen LogP contribution < -0.4 is 5.32 Å². The summed E-state index contributed by atoms with van der Waals surface area (Å²) in [6, 6.07) is 13.4. The highest BCUT2D eigenvalue weighted by Crippen LogP contribution is 2.05. The zero-order valence-electron chi connectivity index (χ0n) is 9.68. The summed E-state index contributed by atoms with van der Waals surface area (Å²) in [5, 5.41) is 2.77. The number of nitrogens with zero attached hydrogens (tertiary/aromatic N) is 1. The van der Waals surface area contributed by atoms with Crippen molar-refractivity contribution in [3.05, 3.63) is 59.8 Å². The van der Waals surface area contributed by atoms with Crippen molar-refractivity contribution in [3.63, 3.8) is 0 Å². The molecule has 1 heterocycles. The predicted octanol–water partition coefficient (Wildman–Crippen LogP) is 2.57. The predicted molar refractivity (Wildman–Crippen MR) is 67.7 cm³/mol. The van der Waals surface area contributed by atoms with E-state index in [-0.39, 0.29) is 5.91 Å². The third-order valence-corrected chi connectivity index (χ3v) is 2.39. The van der Waals surface area contributed by atoms with Gasteiger partial charge in [0.05, 0.1) is 6.42 Å². The van der Waals surface area contributed by atoms with E-state index in [1.54, 1.807) is 12.3 Å². The van der Waals surface area contributed by atoms with Gasteiger partial charge in [-0.1, -0.05) is 36.4 Å². The maximum absolute atomic E-state index is 11.7. The van der Waals surface area contributed by atoms with Crippen LogP contribution in [0.15, 0.2) is 48.7 Å². The number of amides is 1. The molecule has 1 aromatic carbocycles. The van der Waals surface area contributed by atoms with Crippen molar-refractivity contribution < 1.29 is 4.79 Å². The zero-order valence-corrected chi connectivity index (χ0v) is 9.68. The van der Waals surface area contributed by atoms with Crippen LogP contribution in [0.3, 0.4) is 0 Å². The molecular weight excluding hydrogens is 212 g/mol. The van der Waals surface area contributed by atoms with E-state index in [4.69, 9.17) is 0 Å². The molecule has 0 saturated heterocycles. The summed E-state index contributed by atoms with van der Waals surface area (Å²) in [6.45, 7) is 1.96. The Labute approximate surface area is 101 Å². The molecule has 2 rings (SSSR count). The lowest BCUT2D eigenvalue weighted by molar-refractivity contribution is -0.115. The van der Waals surface area contributed by atoms with Gasteiger partial charge in [0.15, 0.2) is 0 Å². The Morgan fingerprint density at radius 2 is 1.94 bits per heavy atom. The van der Waals surface area contributed by atoms with E-state index in [1.807, 2.05) is 43.3 Å². The summed E-state index contributed by atoms with van der Waals surface area (Å²) in [7, 11) is 0. The molecule has 1 N–H and O–H groups in total. The number of carbonyl (C=O) groups excluding carboxylic acids is 1. The van der Waals surface area contributed by atoms with Gasteiger partial charge in [-0.2, -0.15) is 0 Å². The summed E-state index contributed by atoms with van der Waals surface area (Å²) in [5.74, 6) is 0.545. The standard InChI is InChI=1S/C14H14N2O/c1-11-7-8-13(15-10-11)16-14(17)9-12-5-3-2-4-6-12/h2-8,10H,9H2,1H3,(H,15,16,17). The Morgan fingerprint density at radius 3 is 2.59 bits per heavy atom. The lowest BCUT2D eigenvalue weighted by Crippen LogP contribution is -2.15. The molecule has 0 radical (unpaired) electrons. The van der Waals surface area contributed by atoms with Gasteiger partial charge in [0.25, 0.3) is 0 Å². The normalized spacial score (nSPS) is 9.94. The zero-order chi connectivity index (χ0) is 12.1. The largest absolute Gasteiger partial charge is 0.310 e. The summed E-state index contributed by atoms with van der Waals surface area (Å²) >= 11 is 0. The van der Waals surface area contributed by atoms with Crippen LogP contribution in [0.5, 0.6) is 0 Å². The lowest BCUT2D eigenvalue weighted by Gasteiger charge is -2.04. The molecule has 3 heteroatoms. The van der Waals surface area contributed by atoms with Gasteiger partial charge in [-0.15, -0.1) is 0 Å². The molecule has 17 heavy (non-hydrogen) atoms. The maximum Gasteiger partial charge on any atom is 0.229 e. The fraction of sp³-hybridized carbons (Fsp3) is 0.143. The highest BCUT2D eigenvalue weighted by Gasteiger charge is 2.03. The molecule has 0 aliphatic heterocycles. The van der Waals surface area contributed by atoms with Gasteiger partial charge in [-0.3, -0.25) is 4.79 Å². The molecule has 0 spiro atoms. The Balaban J connectivity index is 1.96. The van der Waals surface area contributed by atoms with Crippen LogP contribution >= 0.6 is 0 Å². The number of rotatable bonds is 3. The maximum atomic E-state index is 11.7. The Hall–Kier alpha value is -2.16. The van der Waals surface area contributed by atoms with Crippen molar-refractivity contribution in [3.8, 4) is 0 Å². The Bertz CT molecular complexity index is 491. The highest BCUT2D eigenvalue weighted by atomic mass is 16.1. The van der Waals surface area contributed by atoms with Crippen LogP contribution in [0.2, 0.25) is 0 Å². The number of hydrogen-bond acceptors (Lipinski definition) is 2. The van der Waals surface area contributed by atoms with E-state index < -0.39 is 0 Å². The van der Waals surface area contributed by atoms with Gasteiger partial charge < -0.3 is 5.32 Å². The third kappa shape index (κ3) is 3.41. The number of nitrogens with one attached hydrogen (secondary N) is 1. The molecule has 1 amide bonds. The molecule has 1 aromatic heterocycles. The van der Waals surface area contributed by atoms with Crippen molar-refractivity contribution >= 4 is 11.7 Å². The molecule has 86 valence electrons. The van der Waals surface area contributed by atoms with E-state index in [0.29, 0.717) is 12.2 Å².